The van der Waals surface area contributed by atoms with E-state index in [1.165, 1.54) is 16.7 Å². The molecule has 1 amide bonds. The van der Waals surface area contributed by atoms with E-state index in [0.717, 1.165) is 32.4 Å². The fraction of sp³-hybridized carbons (Fsp3) is 0.409. The first kappa shape index (κ1) is 16.3. The summed E-state index contributed by atoms with van der Waals surface area (Å²) in [6, 6.07) is 19.1. The number of hydrogen-bond acceptors (Lipinski definition) is 2. The maximum Gasteiger partial charge on any atom is 0.226 e. The van der Waals surface area contributed by atoms with Crippen LogP contribution in [-0.4, -0.2) is 23.9 Å². The van der Waals surface area contributed by atoms with E-state index in [-0.39, 0.29) is 11.8 Å². The molecular formula is C22H26N2O. The van der Waals surface area contributed by atoms with Crippen molar-refractivity contribution in [2.75, 3.05) is 13.1 Å². The van der Waals surface area contributed by atoms with Crippen molar-refractivity contribution in [1.29, 1.82) is 0 Å². The third kappa shape index (κ3) is 3.09. The molecule has 130 valence electrons. The van der Waals surface area contributed by atoms with Gasteiger partial charge in [0.05, 0.1) is 0 Å². The molecule has 3 atom stereocenters. The topological polar surface area (TPSA) is 46.3 Å². The predicted octanol–water partition coefficient (Wildman–Crippen LogP) is 3.54. The molecular weight excluding hydrogens is 308 g/mol. The number of carbonyl (C=O) groups excluding carboxylic acids is 1. The first-order chi connectivity index (χ1) is 12.3. The zero-order chi connectivity index (χ0) is 17.2. The van der Waals surface area contributed by atoms with Gasteiger partial charge in [-0.25, -0.2) is 0 Å². The molecule has 4 rings (SSSR count). The third-order valence-electron chi connectivity index (χ3n) is 5.99. The molecule has 1 unspecified atom stereocenters. The first-order valence-electron chi connectivity index (χ1n) is 9.39. The van der Waals surface area contributed by atoms with Crippen molar-refractivity contribution in [3.63, 3.8) is 0 Å². The second-order valence-electron chi connectivity index (χ2n) is 7.41. The smallest absolute Gasteiger partial charge is 0.226 e. The minimum absolute atomic E-state index is 0.117. The summed E-state index contributed by atoms with van der Waals surface area (Å²) in [6.07, 6.45) is 3.22. The van der Waals surface area contributed by atoms with Crippen molar-refractivity contribution in [1.82, 2.24) is 4.90 Å². The highest BCUT2D eigenvalue weighted by Gasteiger charge is 2.37. The monoisotopic (exact) mass is 334 g/mol. The van der Waals surface area contributed by atoms with E-state index < -0.39 is 0 Å². The van der Waals surface area contributed by atoms with Crippen LogP contribution < -0.4 is 5.73 Å². The van der Waals surface area contributed by atoms with E-state index in [2.05, 4.69) is 53.4 Å². The minimum Gasteiger partial charge on any atom is -0.337 e. The number of hydrogen-bond donors (Lipinski definition) is 1. The largest absolute Gasteiger partial charge is 0.337 e. The minimum atomic E-state index is 0.117. The van der Waals surface area contributed by atoms with Gasteiger partial charge in [-0.3, -0.25) is 4.79 Å². The highest BCUT2D eigenvalue weighted by Crippen LogP contribution is 2.37. The summed E-state index contributed by atoms with van der Waals surface area (Å²) in [5.41, 5.74) is 9.84. The average Bonchev–Trinajstić information content (AvgIpc) is 3.16. The highest BCUT2D eigenvalue weighted by molar-refractivity contribution is 5.80. The number of nitrogens with zero attached hydrogens (tertiary/aromatic N) is 1. The quantitative estimate of drug-likeness (QED) is 0.933. The standard InChI is InChI=1S/C22H26N2O/c23-13-17-10-6-12-20(17)22(25)24-14-18-9-4-5-11-19(18)21(15-24)16-7-2-1-3-8-16/h1-5,7-9,11,17,20-21H,6,10,12-15,23H2/t17-,20-,21?/m1/s1. The van der Waals surface area contributed by atoms with E-state index in [4.69, 9.17) is 5.73 Å². The van der Waals surface area contributed by atoms with Gasteiger partial charge in [0.1, 0.15) is 0 Å². The Kier molecular flexibility index (Phi) is 4.58. The molecule has 0 bridgehead atoms. The van der Waals surface area contributed by atoms with Gasteiger partial charge in [0.15, 0.2) is 0 Å². The zero-order valence-electron chi connectivity index (χ0n) is 14.6. The van der Waals surface area contributed by atoms with Crippen LogP contribution in [-0.2, 0) is 11.3 Å². The van der Waals surface area contributed by atoms with Crippen molar-refractivity contribution in [3.05, 3.63) is 71.3 Å². The van der Waals surface area contributed by atoms with Crippen molar-refractivity contribution < 1.29 is 4.79 Å². The molecule has 0 aromatic heterocycles. The van der Waals surface area contributed by atoms with Crippen LogP contribution in [0, 0.1) is 11.8 Å². The second kappa shape index (κ2) is 7.01. The van der Waals surface area contributed by atoms with E-state index in [1.807, 2.05) is 6.07 Å². The van der Waals surface area contributed by atoms with Crippen LogP contribution in [0.5, 0.6) is 0 Å². The molecule has 1 saturated carbocycles. The molecule has 2 aromatic rings. The van der Waals surface area contributed by atoms with Gasteiger partial charge in [-0.2, -0.15) is 0 Å². The van der Waals surface area contributed by atoms with Crippen LogP contribution in [0.1, 0.15) is 41.9 Å². The first-order valence-corrected chi connectivity index (χ1v) is 9.39. The Morgan fingerprint density at radius 1 is 1.04 bits per heavy atom. The fourth-order valence-corrected chi connectivity index (χ4v) is 4.62. The van der Waals surface area contributed by atoms with E-state index >= 15 is 0 Å². The molecule has 2 aliphatic rings. The number of fused-ring (bicyclic) bond motifs is 1. The lowest BCUT2D eigenvalue weighted by molar-refractivity contribution is -0.137. The van der Waals surface area contributed by atoms with Crippen molar-refractivity contribution in [2.45, 2.75) is 31.7 Å². The zero-order valence-corrected chi connectivity index (χ0v) is 14.6. The molecule has 1 aliphatic carbocycles. The van der Waals surface area contributed by atoms with Crippen molar-refractivity contribution in [2.24, 2.45) is 17.6 Å². The van der Waals surface area contributed by atoms with Gasteiger partial charge in [-0.15, -0.1) is 0 Å². The molecule has 1 fully saturated rings. The molecule has 2 N–H and O–H groups in total. The van der Waals surface area contributed by atoms with Crippen LogP contribution in [0.15, 0.2) is 54.6 Å². The van der Waals surface area contributed by atoms with E-state index in [9.17, 15) is 4.79 Å². The Bertz CT molecular complexity index is 743. The van der Waals surface area contributed by atoms with Gasteiger partial charge < -0.3 is 10.6 Å². The molecule has 0 spiro atoms. The highest BCUT2D eigenvalue weighted by atomic mass is 16.2. The van der Waals surface area contributed by atoms with Gasteiger partial charge in [0.2, 0.25) is 5.91 Å². The van der Waals surface area contributed by atoms with Crippen molar-refractivity contribution >= 4 is 5.91 Å². The van der Waals surface area contributed by atoms with Gasteiger partial charge in [0, 0.05) is 24.9 Å². The SMILES string of the molecule is NC[C@H]1CCC[C@H]1C(=O)N1Cc2ccccc2C(c2ccccc2)C1. The Morgan fingerprint density at radius 3 is 2.60 bits per heavy atom. The second-order valence-corrected chi connectivity index (χ2v) is 7.41. The number of benzene rings is 2. The lowest BCUT2D eigenvalue weighted by atomic mass is 9.83. The van der Waals surface area contributed by atoms with Crippen LogP contribution in [0.25, 0.3) is 0 Å². The van der Waals surface area contributed by atoms with Gasteiger partial charge >= 0.3 is 0 Å². The number of amides is 1. The van der Waals surface area contributed by atoms with Gasteiger partial charge in [-0.1, -0.05) is 61.0 Å². The molecule has 0 radical (unpaired) electrons. The summed E-state index contributed by atoms with van der Waals surface area (Å²) >= 11 is 0. The third-order valence-corrected chi connectivity index (χ3v) is 5.99. The predicted molar refractivity (Wildman–Crippen MR) is 100 cm³/mol. The number of nitrogens with two attached hydrogens (primary N) is 1. The van der Waals surface area contributed by atoms with Gasteiger partial charge in [0.25, 0.3) is 0 Å². The number of carbonyl (C=O) groups is 1. The fourth-order valence-electron chi connectivity index (χ4n) is 4.62. The lowest BCUT2D eigenvalue weighted by Gasteiger charge is -2.37. The maximum absolute atomic E-state index is 13.2. The summed E-state index contributed by atoms with van der Waals surface area (Å²) in [4.78, 5) is 15.3. The van der Waals surface area contributed by atoms with Crippen molar-refractivity contribution in [3.8, 4) is 0 Å². The van der Waals surface area contributed by atoms with Crippen LogP contribution >= 0.6 is 0 Å². The molecule has 0 saturated heterocycles. The lowest BCUT2D eigenvalue weighted by Crippen LogP contribution is -2.43. The summed E-state index contributed by atoms with van der Waals surface area (Å²) < 4.78 is 0. The normalized spacial score (nSPS) is 25.6. The van der Waals surface area contributed by atoms with Crippen LogP contribution in [0.2, 0.25) is 0 Å². The van der Waals surface area contributed by atoms with Crippen LogP contribution in [0.4, 0.5) is 0 Å². The Balaban J connectivity index is 1.65. The molecule has 1 heterocycles. The summed E-state index contributed by atoms with van der Waals surface area (Å²) in [5.74, 6) is 1.04. The van der Waals surface area contributed by atoms with Gasteiger partial charge in [-0.05, 0) is 42.0 Å². The summed E-state index contributed by atoms with van der Waals surface area (Å²) in [7, 11) is 0. The molecule has 3 heteroatoms. The Labute approximate surface area is 149 Å². The average molecular weight is 334 g/mol. The van der Waals surface area contributed by atoms with Crippen LogP contribution in [0.3, 0.4) is 0 Å². The Hall–Kier alpha value is -2.13. The molecule has 25 heavy (non-hydrogen) atoms. The summed E-state index contributed by atoms with van der Waals surface area (Å²) in [5, 5.41) is 0. The molecule has 3 nitrogen and oxygen atoms in total. The maximum atomic E-state index is 13.2. The Morgan fingerprint density at radius 2 is 1.80 bits per heavy atom. The summed E-state index contributed by atoms with van der Waals surface area (Å²) in [6.45, 7) is 2.13. The van der Waals surface area contributed by atoms with E-state index in [1.54, 1.807) is 0 Å². The molecule has 2 aromatic carbocycles. The van der Waals surface area contributed by atoms with E-state index in [0.29, 0.717) is 18.4 Å². The number of rotatable bonds is 3. The molecule has 1 aliphatic heterocycles.